The van der Waals surface area contributed by atoms with Gasteiger partial charge in [0.25, 0.3) is 0 Å². The molecule has 4 heteroatoms. The zero-order valence-corrected chi connectivity index (χ0v) is 10.6. The number of hydrogen-bond acceptors (Lipinski definition) is 3. The Labute approximate surface area is 102 Å². The number of aryl methyl sites for hydroxylation is 3. The van der Waals surface area contributed by atoms with Crippen molar-refractivity contribution in [2.24, 2.45) is 7.05 Å². The van der Waals surface area contributed by atoms with Crippen LogP contribution in [-0.4, -0.2) is 14.8 Å². The second-order valence-corrected chi connectivity index (χ2v) is 4.27. The second-order valence-electron chi connectivity index (χ2n) is 4.27. The zero-order chi connectivity index (χ0) is 12.3. The Balaban J connectivity index is 1.92. The van der Waals surface area contributed by atoms with Crippen molar-refractivity contribution < 1.29 is 0 Å². The summed E-state index contributed by atoms with van der Waals surface area (Å²) in [7, 11) is 1.97. The Hall–Kier alpha value is -1.68. The Morgan fingerprint density at radius 1 is 1.29 bits per heavy atom. The van der Waals surface area contributed by atoms with Crippen LogP contribution in [0.25, 0.3) is 0 Å². The average Bonchev–Trinajstić information content (AvgIpc) is 2.60. The van der Waals surface area contributed by atoms with Gasteiger partial charge in [-0.2, -0.15) is 5.10 Å². The first-order valence-corrected chi connectivity index (χ1v) is 5.77. The molecule has 0 unspecified atom stereocenters. The molecule has 2 aromatic rings. The van der Waals surface area contributed by atoms with E-state index < -0.39 is 0 Å². The van der Waals surface area contributed by atoms with Gasteiger partial charge in [0.1, 0.15) is 0 Å². The lowest BCUT2D eigenvalue weighted by Gasteiger charge is -2.06. The lowest BCUT2D eigenvalue weighted by molar-refractivity contribution is 0.617. The molecule has 1 N–H and O–H groups in total. The molecule has 0 bridgehead atoms. The molecule has 0 radical (unpaired) electrons. The molecule has 0 saturated carbocycles. The quantitative estimate of drug-likeness (QED) is 0.869. The van der Waals surface area contributed by atoms with Gasteiger partial charge in [-0.05, 0) is 31.5 Å². The van der Waals surface area contributed by atoms with E-state index in [1.165, 1.54) is 11.3 Å². The number of pyridine rings is 1. The monoisotopic (exact) mass is 230 g/mol. The average molecular weight is 230 g/mol. The van der Waals surface area contributed by atoms with Crippen molar-refractivity contribution in [2.45, 2.75) is 26.9 Å². The number of aromatic nitrogens is 3. The van der Waals surface area contributed by atoms with Crippen molar-refractivity contribution >= 4 is 0 Å². The summed E-state index contributed by atoms with van der Waals surface area (Å²) in [5, 5.41) is 7.70. The third kappa shape index (κ3) is 2.91. The second kappa shape index (κ2) is 5.10. The van der Waals surface area contributed by atoms with Gasteiger partial charge in [0, 0.05) is 26.3 Å². The first-order valence-electron chi connectivity index (χ1n) is 5.77. The van der Waals surface area contributed by atoms with Crippen molar-refractivity contribution in [3.05, 3.63) is 47.0 Å². The predicted molar refractivity (Wildman–Crippen MR) is 67.5 cm³/mol. The molecule has 90 valence electrons. The van der Waals surface area contributed by atoms with E-state index in [9.17, 15) is 0 Å². The molecule has 4 nitrogen and oxygen atoms in total. The fourth-order valence-electron chi connectivity index (χ4n) is 1.84. The molecule has 0 aliphatic heterocycles. The SMILES string of the molecule is Cc1cc(CNCc2ncccc2C)n(C)n1. The predicted octanol–water partition coefficient (Wildman–Crippen LogP) is 1.72. The van der Waals surface area contributed by atoms with Gasteiger partial charge in [-0.15, -0.1) is 0 Å². The van der Waals surface area contributed by atoms with Gasteiger partial charge in [0.2, 0.25) is 0 Å². The van der Waals surface area contributed by atoms with E-state index in [0.29, 0.717) is 0 Å². The molecule has 2 rings (SSSR count). The molecule has 0 saturated heterocycles. The lowest BCUT2D eigenvalue weighted by Crippen LogP contribution is -2.16. The molecule has 0 aliphatic rings. The molecule has 0 fully saturated rings. The fourth-order valence-corrected chi connectivity index (χ4v) is 1.84. The molecule has 17 heavy (non-hydrogen) atoms. The molecule has 0 aliphatic carbocycles. The first kappa shape index (κ1) is 11.8. The number of nitrogens with one attached hydrogen (secondary N) is 1. The maximum Gasteiger partial charge on any atom is 0.0597 e. The molecule has 0 aromatic carbocycles. The third-order valence-corrected chi connectivity index (χ3v) is 2.82. The van der Waals surface area contributed by atoms with Gasteiger partial charge in [0.15, 0.2) is 0 Å². The molecule has 2 aromatic heterocycles. The number of hydrogen-bond donors (Lipinski definition) is 1. The minimum absolute atomic E-state index is 0.789. The molecule has 0 atom stereocenters. The largest absolute Gasteiger partial charge is 0.306 e. The van der Waals surface area contributed by atoms with Crippen LogP contribution < -0.4 is 5.32 Å². The van der Waals surface area contributed by atoms with E-state index in [2.05, 4.69) is 34.5 Å². The van der Waals surface area contributed by atoms with E-state index in [1.807, 2.05) is 30.9 Å². The van der Waals surface area contributed by atoms with E-state index in [-0.39, 0.29) is 0 Å². The zero-order valence-electron chi connectivity index (χ0n) is 10.6. The Morgan fingerprint density at radius 2 is 2.12 bits per heavy atom. The fraction of sp³-hybridized carbons (Fsp3) is 0.385. The summed E-state index contributed by atoms with van der Waals surface area (Å²) in [4.78, 5) is 4.35. The van der Waals surface area contributed by atoms with E-state index >= 15 is 0 Å². The van der Waals surface area contributed by atoms with Crippen molar-refractivity contribution in [1.82, 2.24) is 20.1 Å². The summed E-state index contributed by atoms with van der Waals surface area (Å²) in [5.74, 6) is 0. The summed E-state index contributed by atoms with van der Waals surface area (Å²) in [6.45, 7) is 5.69. The van der Waals surface area contributed by atoms with Gasteiger partial charge in [0.05, 0.1) is 17.1 Å². The molecule has 0 spiro atoms. The standard InChI is InChI=1S/C13H18N4/c1-10-5-4-6-15-13(10)9-14-8-12-7-11(2)16-17(12)3/h4-7,14H,8-9H2,1-3H3. The number of rotatable bonds is 4. The highest BCUT2D eigenvalue weighted by Crippen LogP contribution is 2.04. The van der Waals surface area contributed by atoms with Gasteiger partial charge in [-0.3, -0.25) is 9.67 Å². The topological polar surface area (TPSA) is 42.7 Å². The van der Waals surface area contributed by atoms with Crippen LogP contribution >= 0.6 is 0 Å². The molecule has 0 amide bonds. The van der Waals surface area contributed by atoms with Crippen LogP contribution in [0.4, 0.5) is 0 Å². The van der Waals surface area contributed by atoms with Crippen LogP contribution in [0.2, 0.25) is 0 Å². The first-order chi connectivity index (χ1) is 8.16. The summed E-state index contributed by atoms with van der Waals surface area (Å²) in [6, 6.07) is 6.14. The van der Waals surface area contributed by atoms with Crippen LogP contribution in [0, 0.1) is 13.8 Å². The van der Waals surface area contributed by atoms with Gasteiger partial charge in [-0.25, -0.2) is 0 Å². The molecular formula is C13H18N4. The highest BCUT2D eigenvalue weighted by molar-refractivity contribution is 5.17. The highest BCUT2D eigenvalue weighted by atomic mass is 15.3. The van der Waals surface area contributed by atoms with Crippen LogP contribution in [0.3, 0.4) is 0 Å². The Kier molecular flexibility index (Phi) is 3.54. The van der Waals surface area contributed by atoms with Crippen LogP contribution in [0.15, 0.2) is 24.4 Å². The summed E-state index contributed by atoms with van der Waals surface area (Å²) in [5.41, 5.74) is 4.57. The lowest BCUT2D eigenvalue weighted by atomic mass is 10.2. The summed E-state index contributed by atoms with van der Waals surface area (Å²) in [6.07, 6.45) is 1.83. The normalized spacial score (nSPS) is 10.8. The number of nitrogens with zero attached hydrogens (tertiary/aromatic N) is 3. The third-order valence-electron chi connectivity index (χ3n) is 2.82. The maximum atomic E-state index is 4.35. The van der Waals surface area contributed by atoms with Crippen molar-refractivity contribution in [3.8, 4) is 0 Å². The smallest absolute Gasteiger partial charge is 0.0597 e. The van der Waals surface area contributed by atoms with Gasteiger partial charge < -0.3 is 5.32 Å². The van der Waals surface area contributed by atoms with Crippen LogP contribution in [0.1, 0.15) is 22.6 Å². The highest BCUT2D eigenvalue weighted by Gasteiger charge is 2.02. The molecular weight excluding hydrogens is 212 g/mol. The van der Waals surface area contributed by atoms with Crippen LogP contribution in [0.5, 0.6) is 0 Å². The van der Waals surface area contributed by atoms with E-state index in [0.717, 1.165) is 24.5 Å². The van der Waals surface area contributed by atoms with Crippen molar-refractivity contribution in [3.63, 3.8) is 0 Å². The summed E-state index contributed by atoms with van der Waals surface area (Å²) >= 11 is 0. The van der Waals surface area contributed by atoms with E-state index in [1.54, 1.807) is 0 Å². The minimum Gasteiger partial charge on any atom is -0.306 e. The van der Waals surface area contributed by atoms with Gasteiger partial charge >= 0.3 is 0 Å². The maximum absolute atomic E-state index is 4.35. The van der Waals surface area contributed by atoms with Gasteiger partial charge in [-0.1, -0.05) is 6.07 Å². The summed E-state index contributed by atoms with van der Waals surface area (Å²) < 4.78 is 1.91. The minimum atomic E-state index is 0.789. The van der Waals surface area contributed by atoms with Crippen molar-refractivity contribution in [1.29, 1.82) is 0 Å². The van der Waals surface area contributed by atoms with E-state index in [4.69, 9.17) is 0 Å². The molecule has 2 heterocycles. The van der Waals surface area contributed by atoms with Crippen LogP contribution in [-0.2, 0) is 20.1 Å². The Bertz CT molecular complexity index is 502. The van der Waals surface area contributed by atoms with Crippen molar-refractivity contribution in [2.75, 3.05) is 0 Å². The Morgan fingerprint density at radius 3 is 2.76 bits per heavy atom.